The van der Waals surface area contributed by atoms with Gasteiger partial charge in [0, 0.05) is 5.56 Å². The number of aryl methyl sites for hydroxylation is 3. The second kappa shape index (κ2) is 6.14. The number of sulfonamides is 1. The van der Waals surface area contributed by atoms with Gasteiger partial charge >= 0.3 is 0 Å². The molecule has 1 amide bonds. The molecule has 0 saturated carbocycles. The molecule has 23 heavy (non-hydrogen) atoms. The van der Waals surface area contributed by atoms with Gasteiger partial charge in [0.2, 0.25) is 0 Å². The molecule has 0 unspecified atom stereocenters. The largest absolute Gasteiger partial charge is 0.273 e. The summed E-state index contributed by atoms with van der Waals surface area (Å²) in [5.41, 5.74) is 5.75. The molecule has 0 spiro atoms. The number of rotatable bonds is 4. The van der Waals surface area contributed by atoms with Crippen molar-refractivity contribution in [2.24, 2.45) is 0 Å². The second-order valence-corrected chi connectivity index (χ2v) is 7.34. The van der Waals surface area contributed by atoms with E-state index in [0.29, 0.717) is 5.56 Å². The molecule has 0 atom stereocenters. The zero-order valence-corrected chi connectivity index (χ0v) is 13.6. The Labute approximate surface area is 135 Å². The lowest BCUT2D eigenvalue weighted by molar-refractivity contribution is 0.0944. The van der Waals surface area contributed by atoms with Crippen LogP contribution in [0, 0.1) is 6.92 Å². The highest BCUT2D eigenvalue weighted by Gasteiger charge is 2.19. The highest BCUT2D eigenvalue weighted by Crippen LogP contribution is 2.24. The summed E-state index contributed by atoms with van der Waals surface area (Å²) >= 11 is 0. The minimum absolute atomic E-state index is 0.170. The third kappa shape index (κ3) is 3.28. The van der Waals surface area contributed by atoms with Crippen LogP contribution in [0.4, 0.5) is 0 Å². The number of hydrazine groups is 1. The fourth-order valence-corrected chi connectivity index (χ4v) is 3.67. The van der Waals surface area contributed by atoms with E-state index in [1.807, 2.05) is 12.1 Å². The lowest BCUT2D eigenvalue weighted by atomic mass is 10.1. The average molecular weight is 330 g/mol. The number of amides is 1. The van der Waals surface area contributed by atoms with Crippen molar-refractivity contribution in [1.29, 1.82) is 0 Å². The van der Waals surface area contributed by atoms with E-state index in [4.69, 9.17) is 0 Å². The van der Waals surface area contributed by atoms with Crippen molar-refractivity contribution in [2.45, 2.75) is 31.1 Å². The molecule has 3 rings (SSSR count). The summed E-state index contributed by atoms with van der Waals surface area (Å²) < 4.78 is 24.7. The van der Waals surface area contributed by atoms with E-state index in [0.717, 1.165) is 30.4 Å². The number of carbonyl (C=O) groups is 1. The van der Waals surface area contributed by atoms with Gasteiger partial charge in [0.15, 0.2) is 0 Å². The van der Waals surface area contributed by atoms with Crippen LogP contribution in [0.2, 0.25) is 0 Å². The molecule has 0 saturated heterocycles. The van der Waals surface area contributed by atoms with Crippen LogP contribution in [0.5, 0.6) is 0 Å². The molecule has 1 aliphatic rings. The van der Waals surface area contributed by atoms with E-state index in [2.05, 4.69) is 10.3 Å². The average Bonchev–Trinajstić information content (AvgIpc) is 3.00. The standard InChI is InChI=1S/C17H18N2O3S/c1-12-5-2-3-8-16(12)17(20)18-19-23(21,22)15-10-9-13-6-4-7-14(13)11-15/h2-3,5,8-11,19H,4,6-7H2,1H3,(H,18,20). The third-order valence-electron chi connectivity index (χ3n) is 4.07. The topological polar surface area (TPSA) is 75.3 Å². The lowest BCUT2D eigenvalue weighted by Gasteiger charge is -2.11. The highest BCUT2D eigenvalue weighted by molar-refractivity contribution is 7.89. The smallest absolute Gasteiger partial charge is 0.266 e. The first kappa shape index (κ1) is 15.7. The fraction of sp³-hybridized carbons (Fsp3) is 0.235. The van der Waals surface area contributed by atoms with Gasteiger partial charge in [-0.1, -0.05) is 24.3 Å². The van der Waals surface area contributed by atoms with Crippen molar-refractivity contribution < 1.29 is 13.2 Å². The molecule has 5 nitrogen and oxygen atoms in total. The molecule has 0 aliphatic heterocycles. The highest BCUT2D eigenvalue weighted by atomic mass is 32.2. The summed E-state index contributed by atoms with van der Waals surface area (Å²) in [6, 6.07) is 12.1. The van der Waals surface area contributed by atoms with Gasteiger partial charge in [0.05, 0.1) is 4.90 Å². The van der Waals surface area contributed by atoms with Crippen LogP contribution in [-0.4, -0.2) is 14.3 Å². The molecule has 2 N–H and O–H groups in total. The zero-order valence-electron chi connectivity index (χ0n) is 12.8. The number of carbonyl (C=O) groups excluding carboxylic acids is 1. The molecule has 120 valence electrons. The first-order chi connectivity index (χ1) is 11.0. The van der Waals surface area contributed by atoms with Crippen LogP contribution in [0.25, 0.3) is 0 Å². The van der Waals surface area contributed by atoms with Gasteiger partial charge in [-0.2, -0.15) is 0 Å². The minimum atomic E-state index is -3.78. The van der Waals surface area contributed by atoms with Gasteiger partial charge in [0.1, 0.15) is 0 Å². The summed E-state index contributed by atoms with van der Waals surface area (Å²) in [4.78, 5) is 14.4. The number of nitrogens with one attached hydrogen (secondary N) is 2. The normalized spacial score (nSPS) is 13.6. The van der Waals surface area contributed by atoms with Gasteiger partial charge in [-0.25, -0.2) is 8.42 Å². The Bertz CT molecular complexity index is 860. The van der Waals surface area contributed by atoms with Crippen molar-refractivity contribution in [1.82, 2.24) is 10.3 Å². The van der Waals surface area contributed by atoms with Crippen molar-refractivity contribution in [3.05, 3.63) is 64.7 Å². The maximum atomic E-state index is 12.3. The summed E-state index contributed by atoms with van der Waals surface area (Å²) in [7, 11) is -3.78. The Hall–Kier alpha value is -2.18. The molecule has 2 aromatic carbocycles. The van der Waals surface area contributed by atoms with Crippen LogP contribution in [0.3, 0.4) is 0 Å². The molecule has 0 fully saturated rings. The first-order valence-corrected chi connectivity index (χ1v) is 8.95. The van der Waals surface area contributed by atoms with Crippen LogP contribution in [-0.2, 0) is 22.9 Å². The van der Waals surface area contributed by atoms with E-state index in [9.17, 15) is 13.2 Å². The van der Waals surface area contributed by atoms with Crippen molar-refractivity contribution in [3.63, 3.8) is 0 Å². The number of hydrogen-bond donors (Lipinski definition) is 2. The van der Waals surface area contributed by atoms with Gasteiger partial charge in [-0.3, -0.25) is 10.2 Å². The monoisotopic (exact) mass is 330 g/mol. The molecule has 2 aromatic rings. The molecule has 6 heteroatoms. The van der Waals surface area contributed by atoms with E-state index in [1.54, 1.807) is 37.3 Å². The fourth-order valence-electron chi connectivity index (χ4n) is 2.78. The minimum Gasteiger partial charge on any atom is -0.273 e. The predicted molar refractivity (Wildman–Crippen MR) is 87.4 cm³/mol. The van der Waals surface area contributed by atoms with E-state index >= 15 is 0 Å². The van der Waals surface area contributed by atoms with Crippen LogP contribution >= 0.6 is 0 Å². The van der Waals surface area contributed by atoms with Crippen LogP contribution in [0.1, 0.15) is 33.5 Å². The second-order valence-electron chi connectivity index (χ2n) is 5.66. The summed E-state index contributed by atoms with van der Waals surface area (Å²) in [6.07, 6.45) is 2.94. The predicted octanol–water partition coefficient (Wildman–Crippen LogP) is 2.11. The molecule has 0 heterocycles. The molecular formula is C17H18N2O3S. The number of benzene rings is 2. The van der Waals surface area contributed by atoms with Crippen molar-refractivity contribution in [2.75, 3.05) is 0 Å². The van der Waals surface area contributed by atoms with E-state index in [1.165, 1.54) is 5.56 Å². The van der Waals surface area contributed by atoms with Gasteiger partial charge in [-0.05, 0) is 61.1 Å². The lowest BCUT2D eigenvalue weighted by Crippen LogP contribution is -2.41. The first-order valence-electron chi connectivity index (χ1n) is 7.47. The Morgan fingerprint density at radius 2 is 1.78 bits per heavy atom. The maximum Gasteiger partial charge on any atom is 0.266 e. The third-order valence-corrected chi connectivity index (χ3v) is 5.31. The summed E-state index contributed by atoms with van der Waals surface area (Å²) in [6.45, 7) is 1.80. The SMILES string of the molecule is Cc1ccccc1C(=O)NNS(=O)(=O)c1ccc2c(c1)CCC2. The summed E-state index contributed by atoms with van der Waals surface area (Å²) in [5, 5.41) is 0. The van der Waals surface area contributed by atoms with Crippen LogP contribution < -0.4 is 10.3 Å². The van der Waals surface area contributed by atoms with Crippen molar-refractivity contribution >= 4 is 15.9 Å². The molecule has 0 aromatic heterocycles. The number of fused-ring (bicyclic) bond motifs is 1. The van der Waals surface area contributed by atoms with Crippen LogP contribution in [0.15, 0.2) is 47.4 Å². The molecular weight excluding hydrogens is 312 g/mol. The molecule has 0 bridgehead atoms. The Kier molecular flexibility index (Phi) is 4.19. The van der Waals surface area contributed by atoms with Crippen molar-refractivity contribution in [3.8, 4) is 0 Å². The van der Waals surface area contributed by atoms with E-state index < -0.39 is 15.9 Å². The van der Waals surface area contributed by atoms with Gasteiger partial charge < -0.3 is 0 Å². The summed E-state index contributed by atoms with van der Waals surface area (Å²) in [5.74, 6) is -0.479. The Morgan fingerprint density at radius 1 is 1.04 bits per heavy atom. The number of hydrogen-bond acceptors (Lipinski definition) is 3. The van der Waals surface area contributed by atoms with Gasteiger partial charge in [-0.15, -0.1) is 4.83 Å². The van der Waals surface area contributed by atoms with Gasteiger partial charge in [0.25, 0.3) is 15.9 Å². The van der Waals surface area contributed by atoms with E-state index in [-0.39, 0.29) is 4.90 Å². The Morgan fingerprint density at radius 3 is 2.57 bits per heavy atom. The molecule has 0 radical (unpaired) electrons. The Balaban J connectivity index is 1.74. The maximum absolute atomic E-state index is 12.3. The quantitative estimate of drug-likeness (QED) is 0.843. The zero-order chi connectivity index (χ0) is 16.4. The molecule has 1 aliphatic carbocycles.